The predicted octanol–water partition coefficient (Wildman–Crippen LogP) is 0.318. The Bertz CT molecular complexity index is 306. The van der Waals surface area contributed by atoms with Gasteiger partial charge in [-0.3, -0.25) is 0 Å². The molecule has 0 radical (unpaired) electrons. The first-order valence-electron chi connectivity index (χ1n) is 5.36. The third-order valence-electron chi connectivity index (χ3n) is 2.52. The van der Waals surface area contributed by atoms with Crippen molar-refractivity contribution < 1.29 is 0 Å². The molecule has 1 aromatic heterocycles. The van der Waals surface area contributed by atoms with Crippen LogP contribution in [0.25, 0.3) is 0 Å². The molecule has 0 amide bonds. The molecule has 1 saturated heterocycles. The summed E-state index contributed by atoms with van der Waals surface area (Å²) in [5.41, 5.74) is 0. The van der Waals surface area contributed by atoms with Crippen LogP contribution in [0.2, 0.25) is 0 Å². The van der Waals surface area contributed by atoms with Gasteiger partial charge in [0, 0.05) is 32.9 Å². The van der Waals surface area contributed by atoms with Gasteiger partial charge in [0.05, 0.1) is 0 Å². The zero-order valence-corrected chi connectivity index (χ0v) is 9.03. The summed E-state index contributed by atoms with van der Waals surface area (Å²) in [6, 6.07) is 1.87. The summed E-state index contributed by atoms with van der Waals surface area (Å²) < 4.78 is 0. The van der Waals surface area contributed by atoms with Crippen molar-refractivity contribution >= 4 is 11.8 Å². The molecule has 0 atom stereocenters. The number of nitrogens with one attached hydrogen (secondary N) is 2. The molecule has 2 heterocycles. The minimum atomic E-state index is 0.825. The van der Waals surface area contributed by atoms with Crippen LogP contribution in [-0.2, 0) is 0 Å². The van der Waals surface area contributed by atoms with Gasteiger partial charge in [0.15, 0.2) is 0 Å². The summed E-state index contributed by atoms with van der Waals surface area (Å²) in [4.78, 5) is 11.0. The van der Waals surface area contributed by atoms with Crippen LogP contribution in [0.4, 0.5) is 11.8 Å². The predicted molar refractivity (Wildman–Crippen MR) is 61.3 cm³/mol. The summed E-state index contributed by atoms with van der Waals surface area (Å²) >= 11 is 0. The van der Waals surface area contributed by atoms with Crippen LogP contribution in [0.15, 0.2) is 12.3 Å². The van der Waals surface area contributed by atoms with Gasteiger partial charge in [-0.05, 0) is 19.0 Å². The lowest BCUT2D eigenvalue weighted by Crippen LogP contribution is -2.29. The molecule has 1 aliphatic heterocycles. The van der Waals surface area contributed by atoms with Gasteiger partial charge in [-0.2, -0.15) is 4.98 Å². The number of aromatic nitrogens is 2. The summed E-state index contributed by atoms with van der Waals surface area (Å²) in [5, 5.41) is 6.39. The molecule has 5 heteroatoms. The lowest BCUT2D eigenvalue weighted by atomic mass is 10.4. The molecule has 1 aliphatic rings. The maximum absolute atomic E-state index is 4.43. The second kappa shape index (κ2) is 4.93. The number of nitrogens with zero attached hydrogens (tertiary/aromatic N) is 3. The molecule has 2 rings (SSSR count). The number of rotatable bonds is 2. The standard InChI is InChI=1S/C10H17N5/c1-11-9-3-5-13-10(14-9)15-7-2-4-12-6-8-15/h3,5,12H,2,4,6-8H2,1H3,(H,11,13,14). The largest absolute Gasteiger partial charge is 0.373 e. The third kappa shape index (κ3) is 2.56. The van der Waals surface area contributed by atoms with E-state index in [0.29, 0.717) is 0 Å². The number of anilines is 2. The third-order valence-corrected chi connectivity index (χ3v) is 2.52. The van der Waals surface area contributed by atoms with E-state index in [2.05, 4.69) is 25.5 Å². The highest BCUT2D eigenvalue weighted by atomic mass is 15.3. The molecule has 15 heavy (non-hydrogen) atoms. The quantitative estimate of drug-likeness (QED) is 0.731. The Kier molecular flexibility index (Phi) is 3.34. The Morgan fingerprint density at radius 3 is 3.20 bits per heavy atom. The monoisotopic (exact) mass is 207 g/mol. The van der Waals surface area contributed by atoms with Crippen LogP contribution in [0.3, 0.4) is 0 Å². The molecular weight excluding hydrogens is 190 g/mol. The van der Waals surface area contributed by atoms with Gasteiger partial charge < -0.3 is 15.5 Å². The zero-order valence-electron chi connectivity index (χ0n) is 9.03. The topological polar surface area (TPSA) is 53.1 Å². The smallest absolute Gasteiger partial charge is 0.227 e. The highest BCUT2D eigenvalue weighted by molar-refractivity contribution is 5.40. The van der Waals surface area contributed by atoms with Crippen LogP contribution >= 0.6 is 0 Å². The van der Waals surface area contributed by atoms with E-state index in [9.17, 15) is 0 Å². The van der Waals surface area contributed by atoms with Crippen molar-refractivity contribution in [1.29, 1.82) is 0 Å². The van der Waals surface area contributed by atoms with E-state index in [-0.39, 0.29) is 0 Å². The molecule has 0 spiro atoms. The van der Waals surface area contributed by atoms with E-state index in [4.69, 9.17) is 0 Å². The van der Waals surface area contributed by atoms with E-state index in [1.165, 1.54) is 0 Å². The molecule has 0 bridgehead atoms. The van der Waals surface area contributed by atoms with Crippen molar-refractivity contribution in [2.75, 3.05) is 43.4 Å². The van der Waals surface area contributed by atoms with Crippen molar-refractivity contribution in [3.05, 3.63) is 12.3 Å². The Labute approximate surface area is 89.9 Å². The van der Waals surface area contributed by atoms with E-state index >= 15 is 0 Å². The molecule has 5 nitrogen and oxygen atoms in total. The summed E-state index contributed by atoms with van der Waals surface area (Å²) in [6.07, 6.45) is 2.94. The second-order valence-corrected chi connectivity index (χ2v) is 3.58. The molecule has 0 saturated carbocycles. The van der Waals surface area contributed by atoms with Gasteiger partial charge in [-0.15, -0.1) is 0 Å². The van der Waals surface area contributed by atoms with E-state index in [0.717, 1.165) is 44.4 Å². The lowest BCUT2D eigenvalue weighted by molar-refractivity contribution is 0.724. The Morgan fingerprint density at radius 2 is 2.33 bits per heavy atom. The molecule has 0 unspecified atom stereocenters. The fourth-order valence-electron chi connectivity index (χ4n) is 1.69. The van der Waals surface area contributed by atoms with Gasteiger partial charge >= 0.3 is 0 Å². The molecule has 1 aromatic rings. The minimum Gasteiger partial charge on any atom is -0.373 e. The van der Waals surface area contributed by atoms with E-state index < -0.39 is 0 Å². The summed E-state index contributed by atoms with van der Waals surface area (Å²) in [6.45, 7) is 4.10. The Hall–Kier alpha value is -1.36. The molecular formula is C10H17N5. The fourth-order valence-corrected chi connectivity index (χ4v) is 1.69. The van der Waals surface area contributed by atoms with Crippen molar-refractivity contribution in [2.24, 2.45) is 0 Å². The molecule has 1 fully saturated rings. The van der Waals surface area contributed by atoms with E-state index in [1.54, 1.807) is 6.20 Å². The van der Waals surface area contributed by atoms with Crippen LogP contribution in [0.5, 0.6) is 0 Å². The van der Waals surface area contributed by atoms with Gasteiger partial charge in [0.2, 0.25) is 5.95 Å². The first-order chi connectivity index (χ1) is 7.40. The van der Waals surface area contributed by atoms with Crippen molar-refractivity contribution in [1.82, 2.24) is 15.3 Å². The number of hydrogen-bond acceptors (Lipinski definition) is 5. The van der Waals surface area contributed by atoms with Gasteiger partial charge in [-0.1, -0.05) is 0 Å². The average Bonchev–Trinajstić information content (AvgIpc) is 2.58. The maximum atomic E-state index is 4.43. The fraction of sp³-hybridized carbons (Fsp3) is 0.600. The van der Waals surface area contributed by atoms with Crippen LogP contribution in [0.1, 0.15) is 6.42 Å². The molecule has 0 aromatic carbocycles. The average molecular weight is 207 g/mol. The van der Waals surface area contributed by atoms with Gasteiger partial charge in [0.25, 0.3) is 0 Å². The highest BCUT2D eigenvalue weighted by Crippen LogP contribution is 2.11. The second-order valence-electron chi connectivity index (χ2n) is 3.58. The lowest BCUT2D eigenvalue weighted by Gasteiger charge is -2.19. The molecule has 82 valence electrons. The van der Waals surface area contributed by atoms with Gasteiger partial charge in [-0.25, -0.2) is 4.98 Å². The van der Waals surface area contributed by atoms with Gasteiger partial charge in [0.1, 0.15) is 5.82 Å². The summed E-state index contributed by atoms with van der Waals surface area (Å²) in [7, 11) is 1.87. The maximum Gasteiger partial charge on any atom is 0.227 e. The van der Waals surface area contributed by atoms with Crippen LogP contribution in [-0.4, -0.2) is 43.2 Å². The van der Waals surface area contributed by atoms with Crippen molar-refractivity contribution in [2.45, 2.75) is 6.42 Å². The SMILES string of the molecule is CNc1ccnc(N2CCCNCC2)n1. The Morgan fingerprint density at radius 1 is 1.40 bits per heavy atom. The van der Waals surface area contributed by atoms with Crippen LogP contribution in [0, 0.1) is 0 Å². The zero-order chi connectivity index (χ0) is 10.5. The van der Waals surface area contributed by atoms with Crippen molar-refractivity contribution in [3.8, 4) is 0 Å². The first-order valence-corrected chi connectivity index (χ1v) is 5.36. The Balaban J connectivity index is 2.12. The first kappa shape index (κ1) is 10.2. The minimum absolute atomic E-state index is 0.825. The van der Waals surface area contributed by atoms with Crippen LogP contribution < -0.4 is 15.5 Å². The summed E-state index contributed by atoms with van der Waals surface area (Å²) in [5.74, 6) is 1.70. The molecule has 2 N–H and O–H groups in total. The van der Waals surface area contributed by atoms with Crippen molar-refractivity contribution in [3.63, 3.8) is 0 Å². The number of hydrogen-bond donors (Lipinski definition) is 2. The van der Waals surface area contributed by atoms with E-state index in [1.807, 2.05) is 13.1 Å². The molecule has 0 aliphatic carbocycles. The normalized spacial score (nSPS) is 17.3. The highest BCUT2D eigenvalue weighted by Gasteiger charge is 2.11.